The van der Waals surface area contributed by atoms with Crippen molar-refractivity contribution in [2.75, 3.05) is 17.3 Å². The fraction of sp³-hybridized carbons (Fsp3) is 0.200. The molecule has 3 atom stereocenters. The molecule has 1 fully saturated rings. The number of rotatable bonds is 6. The van der Waals surface area contributed by atoms with Crippen molar-refractivity contribution in [2.24, 2.45) is 5.92 Å². The molecule has 1 N–H and O–H groups in total. The Balaban J connectivity index is 1.42. The number of nitrogens with one attached hydrogen (secondary N) is 1. The number of hydrogen-bond acceptors (Lipinski definition) is 7. The van der Waals surface area contributed by atoms with E-state index in [1.54, 1.807) is 36.4 Å². The number of thioether (sulfide) groups is 1. The van der Waals surface area contributed by atoms with E-state index in [4.69, 9.17) is 27.9 Å². The number of imide groups is 1. The van der Waals surface area contributed by atoms with Crippen LogP contribution in [0, 0.1) is 5.92 Å². The highest BCUT2D eigenvalue weighted by Crippen LogP contribution is 2.55. The molecular weight excluding hydrogens is 674 g/mol. The van der Waals surface area contributed by atoms with Crippen LogP contribution in [0.1, 0.15) is 21.9 Å². The Labute approximate surface area is 271 Å². The van der Waals surface area contributed by atoms with Crippen LogP contribution in [0.15, 0.2) is 76.6 Å². The molecule has 6 rings (SSSR count). The smallest absolute Gasteiger partial charge is 0.416 e. The zero-order chi connectivity index (χ0) is 32.2. The number of amides is 3. The lowest BCUT2D eigenvalue weighted by molar-refractivity contribution is -0.137. The lowest BCUT2D eigenvalue weighted by Gasteiger charge is -2.31. The van der Waals surface area contributed by atoms with Gasteiger partial charge in [0.15, 0.2) is 0 Å². The number of alkyl halides is 3. The van der Waals surface area contributed by atoms with Crippen molar-refractivity contribution in [1.29, 1.82) is 0 Å². The maximum atomic E-state index is 14.0. The Morgan fingerprint density at radius 1 is 1.00 bits per heavy atom. The molecule has 1 aromatic heterocycles. The van der Waals surface area contributed by atoms with Crippen LogP contribution in [0.25, 0.3) is 0 Å². The minimum atomic E-state index is -4.70. The number of carbonyl (C=O) groups is 3. The summed E-state index contributed by atoms with van der Waals surface area (Å²) in [6.45, 7) is -0.406. The lowest BCUT2D eigenvalue weighted by atomic mass is 9.83. The lowest BCUT2D eigenvalue weighted by Crippen LogP contribution is -2.33. The van der Waals surface area contributed by atoms with Crippen LogP contribution in [0.5, 0.6) is 5.75 Å². The van der Waals surface area contributed by atoms with Crippen LogP contribution in [0.4, 0.5) is 24.5 Å². The van der Waals surface area contributed by atoms with Gasteiger partial charge in [-0.15, -0.1) is 0 Å². The van der Waals surface area contributed by atoms with Crippen molar-refractivity contribution in [3.8, 4) is 5.75 Å². The van der Waals surface area contributed by atoms with Crippen LogP contribution < -0.4 is 19.8 Å². The minimum absolute atomic E-state index is 0.100. The predicted octanol–water partition coefficient (Wildman–Crippen LogP) is 6.68. The van der Waals surface area contributed by atoms with Crippen molar-refractivity contribution in [1.82, 2.24) is 4.57 Å². The van der Waals surface area contributed by atoms with Gasteiger partial charge in [-0.2, -0.15) is 13.2 Å². The Kier molecular flexibility index (Phi) is 8.23. The highest BCUT2D eigenvalue weighted by atomic mass is 35.5. The Morgan fingerprint density at radius 2 is 1.71 bits per heavy atom. The molecule has 0 spiro atoms. The summed E-state index contributed by atoms with van der Waals surface area (Å²) in [4.78, 5) is 54.9. The SMILES string of the molecule is COc1ccc(NC(=O)Cn2c3c(sc2=O)[C@@H](c2cccc(Cl)c2Cl)[C@@H]2C(=O)N(c4cccc(C(F)(F)F)c4)C(=O)[C@@H]2S3)cc1. The molecule has 8 nitrogen and oxygen atoms in total. The van der Waals surface area contributed by atoms with Gasteiger partial charge in [0.05, 0.1) is 39.3 Å². The number of nitrogens with zero attached hydrogens (tertiary/aromatic N) is 2. The summed E-state index contributed by atoms with van der Waals surface area (Å²) in [5, 5.41) is 2.13. The topological polar surface area (TPSA) is 97.7 Å². The molecule has 4 aromatic rings. The molecule has 3 amide bonds. The van der Waals surface area contributed by atoms with Crippen LogP contribution >= 0.6 is 46.3 Å². The fourth-order valence-corrected chi connectivity index (χ4v) is 8.63. The first-order valence-electron chi connectivity index (χ1n) is 13.2. The molecule has 3 aromatic carbocycles. The van der Waals surface area contributed by atoms with Gasteiger partial charge >= 0.3 is 11.0 Å². The van der Waals surface area contributed by atoms with Gasteiger partial charge in [0.2, 0.25) is 17.7 Å². The van der Waals surface area contributed by atoms with Gasteiger partial charge in [-0.1, -0.05) is 64.5 Å². The van der Waals surface area contributed by atoms with E-state index in [1.807, 2.05) is 0 Å². The Morgan fingerprint density at radius 3 is 2.40 bits per heavy atom. The van der Waals surface area contributed by atoms with Gasteiger partial charge in [0, 0.05) is 16.5 Å². The first-order chi connectivity index (χ1) is 21.4. The maximum absolute atomic E-state index is 14.0. The monoisotopic (exact) mass is 693 g/mol. The van der Waals surface area contributed by atoms with E-state index in [9.17, 15) is 32.3 Å². The highest BCUT2D eigenvalue weighted by molar-refractivity contribution is 8.00. The Hall–Kier alpha value is -3.78. The molecule has 15 heteroatoms. The third kappa shape index (κ3) is 5.62. The normalized spacial score (nSPS) is 19.3. The summed E-state index contributed by atoms with van der Waals surface area (Å²) >= 11 is 14.7. The van der Waals surface area contributed by atoms with Gasteiger partial charge in [0.1, 0.15) is 17.5 Å². The second kappa shape index (κ2) is 11.9. The number of benzene rings is 3. The summed E-state index contributed by atoms with van der Waals surface area (Å²) in [5.41, 5.74) is -0.426. The van der Waals surface area contributed by atoms with Crippen molar-refractivity contribution >= 4 is 75.4 Å². The average Bonchev–Trinajstić information content (AvgIpc) is 3.45. The average molecular weight is 695 g/mol. The molecule has 0 aliphatic carbocycles. The van der Waals surface area contributed by atoms with Gasteiger partial charge in [0.25, 0.3) is 0 Å². The van der Waals surface area contributed by atoms with Crippen molar-refractivity contribution in [3.63, 3.8) is 0 Å². The summed E-state index contributed by atoms with van der Waals surface area (Å²) < 4.78 is 46.9. The van der Waals surface area contributed by atoms with E-state index < -0.39 is 58.0 Å². The molecule has 0 radical (unpaired) electrons. The summed E-state index contributed by atoms with van der Waals surface area (Å²) in [5.74, 6) is -3.51. The van der Waals surface area contributed by atoms with Gasteiger partial charge in [-0.3, -0.25) is 23.7 Å². The molecular formula is C30H20Cl2F3N3O5S2. The number of carbonyl (C=O) groups excluding carboxylic acids is 3. The van der Waals surface area contributed by atoms with E-state index in [1.165, 1.54) is 23.8 Å². The van der Waals surface area contributed by atoms with Crippen LogP contribution in [-0.2, 0) is 27.1 Å². The fourth-order valence-electron chi connectivity index (χ4n) is 5.45. The molecule has 0 unspecified atom stereocenters. The predicted molar refractivity (Wildman–Crippen MR) is 166 cm³/mol. The van der Waals surface area contributed by atoms with E-state index in [2.05, 4.69) is 5.32 Å². The second-order valence-corrected chi connectivity index (χ2v) is 13.1. The molecule has 0 bridgehead atoms. The van der Waals surface area contributed by atoms with Crippen LogP contribution in [0.3, 0.4) is 0 Å². The van der Waals surface area contributed by atoms with Crippen molar-refractivity contribution in [2.45, 2.75) is 28.9 Å². The van der Waals surface area contributed by atoms with E-state index >= 15 is 0 Å². The number of hydrogen-bond donors (Lipinski definition) is 1. The number of anilines is 2. The molecule has 3 heterocycles. The zero-order valence-corrected chi connectivity index (χ0v) is 26.1. The van der Waals surface area contributed by atoms with Crippen LogP contribution in [-0.4, -0.2) is 34.6 Å². The second-order valence-electron chi connectivity index (χ2n) is 10.1. The highest BCUT2D eigenvalue weighted by Gasteiger charge is 2.57. The standard InChI is InChI=1S/C30H20Cl2F3N3O5S2/c1-43-17-10-8-15(9-11-17)36-20(39)13-37-28-25(45-29(37)42)21(18-6-3-7-19(31)23(18)32)22-24(44-28)27(41)38(26(22)40)16-5-2-4-14(12-16)30(33,34)35/h2-12,21-22,24H,13H2,1H3,(H,36,39)/t21-,22-,24+/m0/s1. The third-order valence-corrected chi connectivity index (χ3v) is 10.9. The molecule has 0 saturated carbocycles. The molecule has 232 valence electrons. The third-order valence-electron chi connectivity index (χ3n) is 7.47. The number of ether oxygens (including phenoxy) is 1. The molecule has 2 aliphatic rings. The van der Waals surface area contributed by atoms with E-state index in [0.29, 0.717) is 21.9 Å². The maximum Gasteiger partial charge on any atom is 0.416 e. The first kappa shape index (κ1) is 31.2. The number of fused-ring (bicyclic) bond motifs is 2. The van der Waals surface area contributed by atoms with E-state index in [-0.39, 0.29) is 20.8 Å². The summed E-state index contributed by atoms with van der Waals surface area (Å²) in [7, 11) is 1.51. The summed E-state index contributed by atoms with van der Waals surface area (Å²) in [6, 6.07) is 15.3. The van der Waals surface area contributed by atoms with Gasteiger partial charge in [-0.05, 0) is 54.1 Å². The summed E-state index contributed by atoms with van der Waals surface area (Å²) in [6.07, 6.45) is -4.70. The molecule has 1 saturated heterocycles. The Bertz CT molecular complexity index is 1910. The number of aromatic nitrogens is 1. The first-order valence-corrected chi connectivity index (χ1v) is 15.7. The largest absolute Gasteiger partial charge is 0.497 e. The van der Waals surface area contributed by atoms with Crippen molar-refractivity contribution < 1.29 is 32.3 Å². The number of halogens is 5. The van der Waals surface area contributed by atoms with Gasteiger partial charge in [-0.25, -0.2) is 4.90 Å². The van der Waals surface area contributed by atoms with Crippen LogP contribution in [0.2, 0.25) is 10.0 Å². The molecule has 45 heavy (non-hydrogen) atoms. The quantitative estimate of drug-likeness (QED) is 0.227. The number of thiazole rings is 1. The van der Waals surface area contributed by atoms with Gasteiger partial charge < -0.3 is 10.1 Å². The van der Waals surface area contributed by atoms with Crippen molar-refractivity contribution in [3.05, 3.63) is 102 Å². The van der Waals surface area contributed by atoms with E-state index in [0.717, 1.165) is 46.2 Å². The molecule has 2 aliphatic heterocycles. The minimum Gasteiger partial charge on any atom is -0.497 e. The number of methoxy groups -OCH3 is 1. The zero-order valence-electron chi connectivity index (χ0n) is 22.9.